The quantitative estimate of drug-likeness (QED) is 0.462. The van der Waals surface area contributed by atoms with Crippen molar-refractivity contribution in [2.45, 2.75) is 12.5 Å². The molecule has 4 aromatic heterocycles. The number of aromatic nitrogens is 6. The van der Waals surface area contributed by atoms with Crippen LogP contribution in [-0.2, 0) is 6.42 Å². The molecule has 1 aliphatic rings. The van der Waals surface area contributed by atoms with E-state index in [0.717, 1.165) is 5.69 Å². The lowest BCUT2D eigenvalue weighted by Gasteiger charge is -2.31. The average molecular weight is 431 g/mol. The number of rotatable bonds is 3. The van der Waals surface area contributed by atoms with Gasteiger partial charge in [-0.1, -0.05) is 6.07 Å². The van der Waals surface area contributed by atoms with Crippen molar-refractivity contribution in [2.24, 2.45) is 0 Å². The van der Waals surface area contributed by atoms with Crippen LogP contribution in [0.15, 0.2) is 57.8 Å². The second-order valence-electron chi connectivity index (χ2n) is 7.21. The Morgan fingerprint density at radius 2 is 2.09 bits per heavy atom. The van der Waals surface area contributed by atoms with Gasteiger partial charge in [0.25, 0.3) is 5.89 Å². The minimum absolute atomic E-state index is 0.139. The first-order chi connectivity index (χ1) is 15.7. The Kier molecular flexibility index (Phi) is 4.06. The molecule has 0 saturated carbocycles. The molecule has 10 nitrogen and oxygen atoms in total. The first kappa shape index (κ1) is 18.4. The van der Waals surface area contributed by atoms with Crippen molar-refractivity contribution in [1.29, 1.82) is 0 Å². The van der Waals surface area contributed by atoms with Crippen LogP contribution in [-0.4, -0.2) is 47.5 Å². The number of oxazole rings is 1. The van der Waals surface area contributed by atoms with Gasteiger partial charge in [-0.2, -0.15) is 0 Å². The van der Waals surface area contributed by atoms with Gasteiger partial charge in [0.05, 0.1) is 12.0 Å². The van der Waals surface area contributed by atoms with Crippen LogP contribution in [0.4, 0.5) is 4.39 Å². The van der Waals surface area contributed by atoms with Gasteiger partial charge in [0.1, 0.15) is 17.0 Å². The molecule has 1 amide bonds. The van der Waals surface area contributed by atoms with Gasteiger partial charge in [-0.3, -0.25) is 9.78 Å². The summed E-state index contributed by atoms with van der Waals surface area (Å²) < 4.78 is 25.1. The van der Waals surface area contributed by atoms with E-state index in [1.165, 1.54) is 23.1 Å². The fraction of sp³-hybridized carbons (Fsp3) is 0.143. The highest BCUT2D eigenvalue weighted by Crippen LogP contribution is 2.35. The van der Waals surface area contributed by atoms with Crippen LogP contribution in [0.1, 0.15) is 34.0 Å². The predicted octanol–water partition coefficient (Wildman–Crippen LogP) is 2.92. The van der Waals surface area contributed by atoms with E-state index in [1.807, 2.05) is 0 Å². The molecule has 0 spiro atoms. The number of benzene rings is 1. The standard InChI is InChI=1S/C21H14FN7O3/c22-11-4-5-15-14(9-11)26-19(31-15)17-16-12(24-10-25-16)6-8-29(17)21(30)20-28-27-18(32-20)13-3-1-2-7-23-13/h1-5,7,9-10,17H,6,8H2,(H,24,25)/t17-/m0/s1. The Labute approximate surface area is 179 Å². The lowest BCUT2D eigenvalue weighted by Crippen LogP contribution is -2.41. The first-order valence-electron chi connectivity index (χ1n) is 9.81. The molecular weight excluding hydrogens is 417 g/mol. The number of amides is 1. The number of aromatic amines is 1. The third-order valence-electron chi connectivity index (χ3n) is 5.28. The van der Waals surface area contributed by atoms with Crippen LogP contribution < -0.4 is 0 Å². The topological polar surface area (TPSA) is 127 Å². The van der Waals surface area contributed by atoms with Crippen molar-refractivity contribution in [3.05, 3.63) is 77.9 Å². The maximum Gasteiger partial charge on any atom is 0.312 e. The minimum atomic E-state index is -0.738. The van der Waals surface area contributed by atoms with E-state index in [4.69, 9.17) is 8.83 Å². The van der Waals surface area contributed by atoms with Crippen LogP contribution in [0, 0.1) is 5.82 Å². The maximum atomic E-state index is 13.6. The molecule has 5 aromatic rings. The SMILES string of the molecule is O=C(c1nnc(-c2ccccn2)o1)N1CCc2[nH]cnc2[C@H]1c1nc2cc(F)ccc2o1. The van der Waals surface area contributed by atoms with Gasteiger partial charge in [0.15, 0.2) is 11.6 Å². The number of imidazole rings is 1. The Balaban J connectivity index is 1.40. The zero-order chi connectivity index (χ0) is 21.7. The Hall–Kier alpha value is -4.41. The number of halogens is 1. The molecule has 0 radical (unpaired) electrons. The van der Waals surface area contributed by atoms with Gasteiger partial charge in [0.2, 0.25) is 5.89 Å². The van der Waals surface area contributed by atoms with E-state index in [2.05, 4.69) is 30.1 Å². The van der Waals surface area contributed by atoms with Crippen molar-refractivity contribution >= 4 is 17.0 Å². The maximum absolute atomic E-state index is 13.6. The zero-order valence-corrected chi connectivity index (χ0v) is 16.4. The third-order valence-corrected chi connectivity index (χ3v) is 5.28. The molecule has 0 unspecified atom stereocenters. The number of nitrogens with one attached hydrogen (secondary N) is 1. The summed E-state index contributed by atoms with van der Waals surface area (Å²) in [5, 5.41) is 7.87. The molecule has 1 aromatic carbocycles. The van der Waals surface area contributed by atoms with Crippen LogP contribution in [0.5, 0.6) is 0 Å². The highest BCUT2D eigenvalue weighted by molar-refractivity contribution is 5.90. The highest BCUT2D eigenvalue weighted by Gasteiger charge is 2.39. The molecule has 0 saturated heterocycles. The number of hydrogen-bond acceptors (Lipinski definition) is 8. The van der Waals surface area contributed by atoms with Crippen molar-refractivity contribution in [3.8, 4) is 11.6 Å². The van der Waals surface area contributed by atoms with Crippen molar-refractivity contribution in [3.63, 3.8) is 0 Å². The third kappa shape index (κ3) is 2.94. The highest BCUT2D eigenvalue weighted by atomic mass is 19.1. The molecule has 1 aliphatic heterocycles. The number of fused-ring (bicyclic) bond motifs is 2. The van der Waals surface area contributed by atoms with Crippen LogP contribution in [0.2, 0.25) is 0 Å². The molecule has 11 heteroatoms. The molecule has 5 heterocycles. The predicted molar refractivity (Wildman–Crippen MR) is 107 cm³/mol. The molecule has 6 rings (SSSR count). The summed E-state index contributed by atoms with van der Waals surface area (Å²) in [7, 11) is 0. The monoisotopic (exact) mass is 431 g/mol. The Bertz CT molecular complexity index is 1440. The molecule has 0 aliphatic carbocycles. The zero-order valence-electron chi connectivity index (χ0n) is 16.4. The fourth-order valence-corrected chi connectivity index (χ4v) is 3.81. The summed E-state index contributed by atoms with van der Waals surface area (Å²) in [6, 6.07) is 8.58. The lowest BCUT2D eigenvalue weighted by atomic mass is 10.0. The number of carbonyl (C=O) groups is 1. The first-order valence-corrected chi connectivity index (χ1v) is 9.81. The van der Waals surface area contributed by atoms with Crippen LogP contribution in [0.3, 0.4) is 0 Å². The molecule has 1 atom stereocenters. The van der Waals surface area contributed by atoms with Crippen molar-refractivity contribution < 1.29 is 18.0 Å². The van der Waals surface area contributed by atoms with E-state index >= 15 is 0 Å². The fourth-order valence-electron chi connectivity index (χ4n) is 3.81. The molecule has 0 fully saturated rings. The molecule has 1 N–H and O–H groups in total. The number of hydrogen-bond donors (Lipinski definition) is 1. The Morgan fingerprint density at radius 3 is 2.97 bits per heavy atom. The number of pyridine rings is 1. The van der Waals surface area contributed by atoms with E-state index in [0.29, 0.717) is 35.5 Å². The molecular formula is C21H14FN7O3. The second-order valence-corrected chi connectivity index (χ2v) is 7.21. The van der Waals surface area contributed by atoms with Crippen LogP contribution in [0.25, 0.3) is 22.7 Å². The van der Waals surface area contributed by atoms with E-state index in [1.54, 1.807) is 30.7 Å². The summed E-state index contributed by atoms with van der Waals surface area (Å²) in [5.74, 6) is -0.748. The van der Waals surface area contributed by atoms with E-state index < -0.39 is 17.8 Å². The van der Waals surface area contributed by atoms with Gasteiger partial charge in [-0.25, -0.2) is 14.4 Å². The average Bonchev–Trinajstić information content (AvgIpc) is 3.57. The van der Waals surface area contributed by atoms with Gasteiger partial charge < -0.3 is 18.7 Å². The number of nitrogens with zero attached hydrogens (tertiary/aromatic N) is 6. The van der Waals surface area contributed by atoms with Gasteiger partial charge in [-0.05, 0) is 24.3 Å². The smallest absolute Gasteiger partial charge is 0.312 e. The summed E-state index contributed by atoms with van der Waals surface area (Å²) in [4.78, 5) is 30.9. The van der Waals surface area contributed by atoms with Gasteiger partial charge in [0, 0.05) is 30.9 Å². The van der Waals surface area contributed by atoms with Crippen molar-refractivity contribution in [1.82, 2.24) is 35.0 Å². The van der Waals surface area contributed by atoms with Crippen LogP contribution >= 0.6 is 0 Å². The molecule has 158 valence electrons. The second kappa shape index (κ2) is 7.08. The lowest BCUT2D eigenvalue weighted by molar-refractivity contribution is 0.0627. The van der Waals surface area contributed by atoms with Crippen molar-refractivity contribution in [2.75, 3.05) is 6.54 Å². The largest absolute Gasteiger partial charge is 0.438 e. The van der Waals surface area contributed by atoms with E-state index in [-0.39, 0.29) is 17.7 Å². The number of H-pyrrole nitrogens is 1. The normalized spacial score (nSPS) is 15.8. The summed E-state index contributed by atoms with van der Waals surface area (Å²) in [6.07, 6.45) is 3.70. The van der Waals surface area contributed by atoms with Gasteiger partial charge >= 0.3 is 11.8 Å². The molecule has 0 bridgehead atoms. The van der Waals surface area contributed by atoms with Gasteiger partial charge in [-0.15, -0.1) is 10.2 Å². The summed E-state index contributed by atoms with van der Waals surface area (Å²) >= 11 is 0. The molecule has 32 heavy (non-hydrogen) atoms. The minimum Gasteiger partial charge on any atom is -0.438 e. The van der Waals surface area contributed by atoms with E-state index in [9.17, 15) is 9.18 Å². The summed E-state index contributed by atoms with van der Waals surface area (Å²) in [6.45, 7) is 0.340. The number of carbonyl (C=O) groups excluding carboxylic acids is 1. The summed E-state index contributed by atoms with van der Waals surface area (Å²) in [5.41, 5.74) is 2.69. The Morgan fingerprint density at radius 1 is 1.16 bits per heavy atom.